The zero-order valence-electron chi connectivity index (χ0n) is 26.3. The average Bonchev–Trinajstić information content (AvgIpc) is 3.92. The summed E-state index contributed by atoms with van der Waals surface area (Å²) in [5.41, 5.74) is 4.29. The average molecular weight is 738 g/mol. The Morgan fingerprint density at radius 2 is 1.65 bits per heavy atom. The Balaban J connectivity index is 0.000000671. The first-order valence-corrected chi connectivity index (χ1v) is 16.2. The van der Waals surface area contributed by atoms with Crippen LogP contribution >= 0.6 is 15.9 Å². The second kappa shape index (κ2) is 17.3. The second-order valence-electron chi connectivity index (χ2n) is 11.2. The van der Waals surface area contributed by atoms with Crippen LogP contribution < -0.4 is 19.5 Å². The summed E-state index contributed by atoms with van der Waals surface area (Å²) in [6, 6.07) is 20.8. The summed E-state index contributed by atoms with van der Waals surface area (Å²) < 4.78 is 62.9. The van der Waals surface area contributed by atoms with Gasteiger partial charge >= 0.3 is 12.1 Å². The molecule has 3 aromatic rings. The standard InChI is InChI=1S/C33H36BrFN2O4.C2HF3O2/c1-39-27-11-13-28(14-12-27)40-20-18-37(26-9-10-26)33(38)30-22-36-17-16-29(30)24-6-4-23(5-7-24)3-2-19-41-32-21-25(35)8-15-31(32)34;3-2(4,5)1(6)7/h4-8,11-15,21,26,36H,2-3,9-10,16-20,22H2,1H3;(H,6,7). The predicted octanol–water partition coefficient (Wildman–Crippen LogP) is 7.06. The van der Waals surface area contributed by atoms with Gasteiger partial charge in [0.1, 0.15) is 29.7 Å². The van der Waals surface area contributed by atoms with Gasteiger partial charge in [-0.25, -0.2) is 9.18 Å². The molecular formula is C35H37BrF4N2O6. The monoisotopic (exact) mass is 736 g/mol. The number of nitrogens with one attached hydrogen (secondary N) is 1. The number of rotatable bonds is 13. The number of aryl methyl sites for hydroxylation is 1. The van der Waals surface area contributed by atoms with E-state index in [1.807, 2.05) is 29.2 Å². The quantitative estimate of drug-likeness (QED) is 0.143. The highest BCUT2D eigenvalue weighted by Crippen LogP contribution is 2.32. The van der Waals surface area contributed by atoms with Crippen molar-refractivity contribution in [2.45, 2.75) is 44.3 Å². The van der Waals surface area contributed by atoms with E-state index in [-0.39, 0.29) is 17.8 Å². The van der Waals surface area contributed by atoms with Crippen molar-refractivity contribution in [3.63, 3.8) is 0 Å². The lowest BCUT2D eigenvalue weighted by molar-refractivity contribution is -0.192. The molecule has 1 saturated carbocycles. The normalized spacial score (nSPS) is 14.5. The number of carboxylic acid groups (broad SMARTS) is 1. The van der Waals surface area contributed by atoms with Gasteiger partial charge in [0.05, 0.1) is 24.7 Å². The molecule has 8 nitrogen and oxygen atoms in total. The number of carbonyl (C=O) groups excluding carboxylic acids is 1. The number of carbonyl (C=O) groups is 2. The maximum absolute atomic E-state index is 13.8. The van der Waals surface area contributed by atoms with E-state index in [0.717, 1.165) is 71.3 Å². The number of methoxy groups -OCH3 is 1. The molecule has 0 saturated heterocycles. The van der Waals surface area contributed by atoms with E-state index in [4.69, 9.17) is 24.1 Å². The molecule has 258 valence electrons. The van der Waals surface area contributed by atoms with Crippen molar-refractivity contribution in [2.24, 2.45) is 0 Å². The lowest BCUT2D eigenvalue weighted by Gasteiger charge is -2.28. The molecule has 1 aliphatic heterocycles. The topological polar surface area (TPSA) is 97.3 Å². The van der Waals surface area contributed by atoms with Gasteiger partial charge in [-0.2, -0.15) is 13.2 Å². The van der Waals surface area contributed by atoms with E-state index >= 15 is 0 Å². The molecule has 0 aromatic heterocycles. The van der Waals surface area contributed by atoms with Crippen molar-refractivity contribution in [1.82, 2.24) is 10.2 Å². The molecule has 5 rings (SSSR count). The fourth-order valence-corrected chi connectivity index (χ4v) is 5.43. The summed E-state index contributed by atoms with van der Waals surface area (Å²) in [7, 11) is 1.64. The molecule has 0 unspecified atom stereocenters. The van der Waals surface area contributed by atoms with Crippen LogP contribution in [0.5, 0.6) is 17.2 Å². The maximum Gasteiger partial charge on any atom is 0.490 e. The maximum atomic E-state index is 13.8. The van der Waals surface area contributed by atoms with Crippen molar-refractivity contribution in [3.05, 3.63) is 93.7 Å². The first kappa shape index (κ1) is 36.7. The smallest absolute Gasteiger partial charge is 0.490 e. The molecular weight excluding hydrogens is 700 g/mol. The highest BCUT2D eigenvalue weighted by atomic mass is 79.9. The van der Waals surface area contributed by atoms with E-state index < -0.39 is 12.1 Å². The summed E-state index contributed by atoms with van der Waals surface area (Å²) in [5.74, 6) is -0.895. The third-order valence-corrected chi connectivity index (χ3v) is 8.35. The SMILES string of the molecule is COc1ccc(OCCN(C(=O)C2=C(c3ccc(CCCOc4cc(F)ccc4Br)cc3)CCNC2)C2CC2)cc1.O=C(O)C(F)(F)F. The number of ether oxygens (including phenoxy) is 3. The largest absolute Gasteiger partial charge is 0.497 e. The van der Waals surface area contributed by atoms with Crippen LogP contribution in [-0.2, 0) is 16.0 Å². The molecule has 1 amide bonds. The van der Waals surface area contributed by atoms with Crippen molar-refractivity contribution < 1.29 is 46.5 Å². The number of aliphatic carboxylic acids is 1. The van der Waals surface area contributed by atoms with E-state index in [2.05, 4.69) is 45.5 Å². The van der Waals surface area contributed by atoms with Crippen molar-refractivity contribution in [2.75, 3.05) is 40.0 Å². The van der Waals surface area contributed by atoms with Gasteiger partial charge in [-0.3, -0.25) is 4.79 Å². The number of hydrogen-bond donors (Lipinski definition) is 2. The highest BCUT2D eigenvalue weighted by molar-refractivity contribution is 9.10. The molecule has 2 N–H and O–H groups in total. The third kappa shape index (κ3) is 11.0. The summed E-state index contributed by atoms with van der Waals surface area (Å²) in [6.45, 7) is 2.92. The Morgan fingerprint density at radius 1 is 0.979 bits per heavy atom. The molecule has 1 aliphatic carbocycles. The minimum absolute atomic E-state index is 0.109. The van der Waals surface area contributed by atoms with Crippen molar-refractivity contribution >= 4 is 33.4 Å². The van der Waals surface area contributed by atoms with Crippen LogP contribution in [0.25, 0.3) is 5.57 Å². The number of carboxylic acids is 1. The molecule has 48 heavy (non-hydrogen) atoms. The van der Waals surface area contributed by atoms with Crippen LogP contribution in [0.3, 0.4) is 0 Å². The van der Waals surface area contributed by atoms with E-state index in [0.29, 0.717) is 32.1 Å². The Hall–Kier alpha value is -4.10. The summed E-state index contributed by atoms with van der Waals surface area (Å²) in [5, 5.41) is 10.5. The third-order valence-electron chi connectivity index (χ3n) is 7.69. The van der Waals surface area contributed by atoms with Crippen molar-refractivity contribution in [3.8, 4) is 17.2 Å². The van der Waals surface area contributed by atoms with Gasteiger partial charge in [-0.1, -0.05) is 24.3 Å². The van der Waals surface area contributed by atoms with Gasteiger partial charge in [0.15, 0.2) is 0 Å². The van der Waals surface area contributed by atoms with Gasteiger partial charge in [0.2, 0.25) is 0 Å². The summed E-state index contributed by atoms with van der Waals surface area (Å²) >= 11 is 3.40. The molecule has 2 aliphatic rings. The Labute approximate surface area is 284 Å². The van der Waals surface area contributed by atoms with Gasteiger partial charge in [-0.05, 0) is 108 Å². The van der Waals surface area contributed by atoms with Gasteiger partial charge in [-0.15, -0.1) is 0 Å². The van der Waals surface area contributed by atoms with E-state index in [1.165, 1.54) is 17.7 Å². The minimum atomic E-state index is -5.08. The molecule has 3 aromatic carbocycles. The molecule has 0 spiro atoms. The minimum Gasteiger partial charge on any atom is -0.497 e. The Bertz CT molecular complexity index is 1560. The number of nitrogens with zero attached hydrogens (tertiary/aromatic N) is 1. The van der Waals surface area contributed by atoms with Crippen LogP contribution in [0, 0.1) is 5.82 Å². The first-order valence-electron chi connectivity index (χ1n) is 15.4. The molecule has 0 bridgehead atoms. The zero-order chi connectivity index (χ0) is 34.7. The number of halogens is 5. The van der Waals surface area contributed by atoms with Crippen LogP contribution in [0.15, 0.2) is 76.8 Å². The van der Waals surface area contributed by atoms with Gasteiger partial charge in [0.25, 0.3) is 5.91 Å². The number of benzene rings is 3. The molecule has 0 atom stereocenters. The number of hydrogen-bond acceptors (Lipinski definition) is 6. The first-order chi connectivity index (χ1) is 23.0. The molecule has 1 fully saturated rings. The fraction of sp³-hybridized carbons (Fsp3) is 0.371. The van der Waals surface area contributed by atoms with E-state index in [1.54, 1.807) is 13.2 Å². The highest BCUT2D eigenvalue weighted by Gasteiger charge is 2.38. The number of alkyl halides is 3. The van der Waals surface area contributed by atoms with Crippen LogP contribution in [0.1, 0.15) is 36.8 Å². The zero-order valence-corrected chi connectivity index (χ0v) is 27.9. The summed E-state index contributed by atoms with van der Waals surface area (Å²) in [6.07, 6.45) is -0.522. The van der Waals surface area contributed by atoms with E-state index in [9.17, 15) is 22.4 Å². The lowest BCUT2D eigenvalue weighted by Crippen LogP contribution is -2.41. The molecule has 0 radical (unpaired) electrons. The molecule has 1 heterocycles. The second-order valence-corrected chi connectivity index (χ2v) is 12.0. The van der Waals surface area contributed by atoms with Crippen molar-refractivity contribution in [1.29, 1.82) is 0 Å². The summed E-state index contributed by atoms with van der Waals surface area (Å²) in [4.78, 5) is 24.7. The number of amides is 1. The molecule has 13 heteroatoms. The van der Waals surface area contributed by atoms with Gasteiger partial charge in [0, 0.05) is 24.2 Å². The van der Waals surface area contributed by atoms with Crippen LogP contribution in [0.2, 0.25) is 0 Å². The lowest BCUT2D eigenvalue weighted by atomic mass is 9.92. The fourth-order valence-electron chi connectivity index (χ4n) is 5.07. The Morgan fingerprint density at radius 3 is 2.27 bits per heavy atom. The van der Waals surface area contributed by atoms with Crippen LogP contribution in [-0.4, -0.2) is 74.1 Å². The van der Waals surface area contributed by atoms with Crippen LogP contribution in [0.4, 0.5) is 17.6 Å². The Kier molecular flexibility index (Phi) is 13.3. The van der Waals surface area contributed by atoms with Gasteiger partial charge < -0.3 is 29.5 Å². The predicted molar refractivity (Wildman–Crippen MR) is 176 cm³/mol.